The zero-order chi connectivity index (χ0) is 23.3. The van der Waals surface area contributed by atoms with Gasteiger partial charge >= 0.3 is 5.97 Å². The number of carbonyl (C=O) groups excluding carboxylic acids is 2. The van der Waals surface area contributed by atoms with Crippen LogP contribution in [0.5, 0.6) is 0 Å². The van der Waals surface area contributed by atoms with Gasteiger partial charge in [-0.25, -0.2) is 22.0 Å². The van der Waals surface area contributed by atoms with E-state index in [9.17, 15) is 26.8 Å². The summed E-state index contributed by atoms with van der Waals surface area (Å²) in [4.78, 5) is 24.3. The number of halogens is 2. The average Bonchev–Trinajstić information content (AvgIpc) is 2.75. The first-order chi connectivity index (χ1) is 15.2. The maximum absolute atomic E-state index is 13.3. The number of hydrogen-bond donors (Lipinski definition) is 2. The summed E-state index contributed by atoms with van der Waals surface area (Å²) < 4.78 is 58.7. The molecule has 0 radical (unpaired) electrons. The van der Waals surface area contributed by atoms with Crippen molar-refractivity contribution in [3.63, 3.8) is 0 Å². The summed E-state index contributed by atoms with van der Waals surface area (Å²) in [5.74, 6) is -2.78. The van der Waals surface area contributed by atoms with E-state index in [4.69, 9.17) is 4.74 Å². The van der Waals surface area contributed by atoms with Gasteiger partial charge < -0.3 is 10.1 Å². The molecule has 3 rings (SSSR count). The molecule has 3 aromatic carbocycles. The summed E-state index contributed by atoms with van der Waals surface area (Å²) in [5.41, 5.74) is 0.640. The van der Waals surface area contributed by atoms with E-state index < -0.39 is 40.1 Å². The summed E-state index contributed by atoms with van der Waals surface area (Å²) in [6.07, 6.45) is 0. The maximum atomic E-state index is 13.3. The van der Waals surface area contributed by atoms with Crippen LogP contribution in [0.2, 0.25) is 0 Å². The van der Waals surface area contributed by atoms with E-state index in [-0.39, 0.29) is 21.8 Å². The smallest absolute Gasteiger partial charge is 0.340 e. The van der Waals surface area contributed by atoms with Gasteiger partial charge in [0.05, 0.1) is 16.1 Å². The first-order valence-corrected chi connectivity index (χ1v) is 10.7. The Kier molecular flexibility index (Phi) is 6.84. The minimum absolute atomic E-state index is 0.0804. The first kappa shape index (κ1) is 22.9. The Bertz CT molecular complexity index is 1260. The molecule has 0 aliphatic rings. The van der Waals surface area contributed by atoms with Crippen LogP contribution in [0.4, 0.5) is 20.2 Å². The van der Waals surface area contributed by atoms with Gasteiger partial charge in [-0.1, -0.05) is 18.2 Å². The number of carbonyl (C=O) groups is 2. The predicted octanol–water partition coefficient (Wildman–Crippen LogP) is 3.87. The van der Waals surface area contributed by atoms with Gasteiger partial charge in [0, 0.05) is 5.69 Å². The normalized spacial score (nSPS) is 11.0. The summed E-state index contributed by atoms with van der Waals surface area (Å²) >= 11 is 0. The number of sulfonamides is 1. The molecule has 0 atom stereocenters. The zero-order valence-electron chi connectivity index (χ0n) is 16.8. The van der Waals surface area contributed by atoms with Crippen molar-refractivity contribution in [2.75, 3.05) is 16.6 Å². The standard InChI is InChI=1S/C22H18F2N2O5S/c1-14-6-7-16(24)12-20(14)25-21(27)13-31-22(28)18-4-2-3-5-19(18)26-32(29,30)17-10-8-15(23)9-11-17/h2-12,26H,13H2,1H3,(H,25,27). The van der Waals surface area contributed by atoms with Crippen LogP contribution in [0.3, 0.4) is 0 Å². The molecule has 0 aliphatic heterocycles. The highest BCUT2D eigenvalue weighted by Crippen LogP contribution is 2.21. The van der Waals surface area contributed by atoms with Gasteiger partial charge in [0.1, 0.15) is 11.6 Å². The number of nitrogens with one attached hydrogen (secondary N) is 2. The third-order valence-electron chi connectivity index (χ3n) is 4.32. The molecule has 2 N–H and O–H groups in total. The number of ether oxygens (including phenoxy) is 1. The van der Waals surface area contributed by atoms with Gasteiger partial charge in [-0.05, 0) is 61.0 Å². The molecule has 0 saturated heterocycles. The van der Waals surface area contributed by atoms with Crippen molar-refractivity contribution in [3.8, 4) is 0 Å². The third kappa shape index (κ3) is 5.67. The fourth-order valence-electron chi connectivity index (χ4n) is 2.69. The van der Waals surface area contributed by atoms with Crippen LogP contribution in [0.25, 0.3) is 0 Å². The van der Waals surface area contributed by atoms with Crippen molar-refractivity contribution in [2.24, 2.45) is 0 Å². The van der Waals surface area contributed by atoms with Gasteiger partial charge in [-0.15, -0.1) is 0 Å². The lowest BCUT2D eigenvalue weighted by Crippen LogP contribution is -2.22. The number of rotatable bonds is 7. The van der Waals surface area contributed by atoms with Gasteiger partial charge in [0.25, 0.3) is 15.9 Å². The van der Waals surface area contributed by atoms with Gasteiger partial charge in [0.2, 0.25) is 0 Å². The topological polar surface area (TPSA) is 102 Å². The summed E-state index contributed by atoms with van der Waals surface area (Å²) in [6, 6.07) is 13.7. The lowest BCUT2D eigenvalue weighted by molar-refractivity contribution is -0.119. The maximum Gasteiger partial charge on any atom is 0.340 e. The quantitative estimate of drug-likeness (QED) is 0.522. The molecule has 10 heteroatoms. The zero-order valence-corrected chi connectivity index (χ0v) is 17.6. The largest absolute Gasteiger partial charge is 0.452 e. The van der Waals surface area contributed by atoms with E-state index in [1.54, 1.807) is 6.92 Å². The lowest BCUT2D eigenvalue weighted by atomic mass is 10.2. The van der Waals surface area contributed by atoms with Crippen molar-refractivity contribution in [2.45, 2.75) is 11.8 Å². The lowest BCUT2D eigenvalue weighted by Gasteiger charge is -2.13. The SMILES string of the molecule is Cc1ccc(F)cc1NC(=O)COC(=O)c1ccccc1NS(=O)(=O)c1ccc(F)cc1. The van der Waals surface area contributed by atoms with Crippen molar-refractivity contribution >= 4 is 33.3 Å². The third-order valence-corrected chi connectivity index (χ3v) is 5.70. The van der Waals surface area contributed by atoms with E-state index in [2.05, 4.69) is 10.0 Å². The Labute approximate surface area is 183 Å². The van der Waals surface area contributed by atoms with Crippen molar-refractivity contribution < 1.29 is 31.5 Å². The monoisotopic (exact) mass is 460 g/mol. The molecular formula is C22H18F2N2O5S. The molecule has 0 aromatic heterocycles. The summed E-state index contributed by atoms with van der Waals surface area (Å²) in [7, 11) is -4.11. The number of esters is 1. The number of benzene rings is 3. The second-order valence-electron chi connectivity index (χ2n) is 6.69. The average molecular weight is 460 g/mol. The molecule has 0 spiro atoms. The Morgan fingerprint density at radius 2 is 1.56 bits per heavy atom. The molecule has 0 aliphatic carbocycles. The minimum Gasteiger partial charge on any atom is -0.452 e. The molecule has 3 aromatic rings. The van der Waals surface area contributed by atoms with E-state index in [1.807, 2.05) is 0 Å². The van der Waals surface area contributed by atoms with E-state index in [0.29, 0.717) is 5.56 Å². The molecule has 0 fully saturated rings. The van der Waals surface area contributed by atoms with Crippen LogP contribution in [0, 0.1) is 18.6 Å². The van der Waals surface area contributed by atoms with Crippen LogP contribution in [0.1, 0.15) is 15.9 Å². The molecule has 166 valence electrons. The van der Waals surface area contributed by atoms with Crippen LogP contribution >= 0.6 is 0 Å². The molecule has 0 unspecified atom stereocenters. The minimum atomic E-state index is -4.11. The summed E-state index contributed by atoms with van der Waals surface area (Å²) in [5, 5.41) is 2.44. The molecule has 0 bridgehead atoms. The van der Waals surface area contributed by atoms with Gasteiger partial charge in [0.15, 0.2) is 6.61 Å². The van der Waals surface area contributed by atoms with Crippen LogP contribution in [0.15, 0.2) is 71.6 Å². The molecule has 7 nitrogen and oxygen atoms in total. The summed E-state index contributed by atoms with van der Waals surface area (Å²) in [6.45, 7) is 0.998. The fourth-order valence-corrected chi connectivity index (χ4v) is 3.77. The van der Waals surface area contributed by atoms with Crippen LogP contribution in [-0.4, -0.2) is 26.9 Å². The van der Waals surface area contributed by atoms with Crippen molar-refractivity contribution in [1.82, 2.24) is 0 Å². The second kappa shape index (κ2) is 9.56. The van der Waals surface area contributed by atoms with E-state index in [0.717, 1.165) is 30.3 Å². The van der Waals surface area contributed by atoms with Gasteiger partial charge in [-0.3, -0.25) is 9.52 Å². The number of para-hydroxylation sites is 1. The van der Waals surface area contributed by atoms with Crippen molar-refractivity contribution in [1.29, 1.82) is 0 Å². The Hall–Kier alpha value is -3.79. The Balaban J connectivity index is 1.69. The number of aryl methyl sites for hydroxylation is 1. The molecule has 0 saturated carbocycles. The molecule has 0 heterocycles. The first-order valence-electron chi connectivity index (χ1n) is 9.26. The van der Waals surface area contributed by atoms with E-state index in [1.165, 1.54) is 36.4 Å². The second-order valence-corrected chi connectivity index (χ2v) is 8.37. The number of anilines is 2. The van der Waals surface area contributed by atoms with Crippen LogP contribution < -0.4 is 10.0 Å². The fraction of sp³-hybridized carbons (Fsp3) is 0.0909. The van der Waals surface area contributed by atoms with Gasteiger partial charge in [-0.2, -0.15) is 0 Å². The van der Waals surface area contributed by atoms with E-state index >= 15 is 0 Å². The predicted molar refractivity (Wildman–Crippen MR) is 114 cm³/mol. The molecule has 32 heavy (non-hydrogen) atoms. The molecule has 1 amide bonds. The highest BCUT2D eigenvalue weighted by atomic mass is 32.2. The Morgan fingerprint density at radius 1 is 0.906 bits per heavy atom. The van der Waals surface area contributed by atoms with Crippen molar-refractivity contribution in [3.05, 3.63) is 89.5 Å². The Morgan fingerprint density at radius 3 is 2.28 bits per heavy atom. The highest BCUT2D eigenvalue weighted by molar-refractivity contribution is 7.92. The van der Waals surface area contributed by atoms with Crippen LogP contribution in [-0.2, 0) is 19.6 Å². The number of amides is 1. The number of hydrogen-bond acceptors (Lipinski definition) is 5. The highest BCUT2D eigenvalue weighted by Gasteiger charge is 2.20. The molecular weight excluding hydrogens is 442 g/mol.